The van der Waals surface area contributed by atoms with E-state index in [1.165, 1.54) is 0 Å². The van der Waals surface area contributed by atoms with Gasteiger partial charge in [0.05, 0.1) is 36.5 Å². The molecule has 0 atom stereocenters. The largest absolute Gasteiger partial charge is 0.495 e. The monoisotopic (exact) mass is 428 g/mol. The van der Waals surface area contributed by atoms with Crippen molar-refractivity contribution in [3.63, 3.8) is 0 Å². The molecule has 2 aromatic carbocycles. The maximum atomic E-state index is 12.6. The van der Waals surface area contributed by atoms with Crippen LogP contribution < -0.4 is 10.1 Å². The van der Waals surface area contributed by atoms with E-state index in [2.05, 4.69) is 22.4 Å². The molecule has 1 aromatic heterocycles. The molecule has 3 rings (SSSR count). The van der Waals surface area contributed by atoms with Crippen molar-refractivity contribution < 1.29 is 13.9 Å². The summed E-state index contributed by atoms with van der Waals surface area (Å²) < 4.78 is 11.1. The normalized spacial score (nSPS) is 11.0. The zero-order chi connectivity index (χ0) is 21.5. The Morgan fingerprint density at radius 1 is 1.23 bits per heavy atom. The maximum Gasteiger partial charge on any atom is 0.249 e. The van der Waals surface area contributed by atoms with Crippen LogP contribution in [0.15, 0.2) is 46.9 Å². The summed E-state index contributed by atoms with van der Waals surface area (Å²) in [4.78, 5) is 14.6. The van der Waals surface area contributed by atoms with E-state index in [4.69, 9.17) is 20.8 Å². The maximum absolute atomic E-state index is 12.6. The van der Waals surface area contributed by atoms with Crippen LogP contribution in [0.2, 0.25) is 5.02 Å². The van der Waals surface area contributed by atoms with Gasteiger partial charge in [0.1, 0.15) is 5.75 Å². The Balaban J connectivity index is 1.67. The molecule has 0 saturated carbocycles. The number of rotatable bonds is 9. The van der Waals surface area contributed by atoms with E-state index in [1.54, 1.807) is 13.2 Å². The number of hydrogen-bond acceptors (Lipinski definition) is 6. The summed E-state index contributed by atoms with van der Waals surface area (Å²) in [6, 6.07) is 13.0. The van der Waals surface area contributed by atoms with Crippen LogP contribution in [0.3, 0.4) is 0 Å². The van der Waals surface area contributed by atoms with E-state index in [1.807, 2.05) is 48.2 Å². The van der Waals surface area contributed by atoms with Gasteiger partial charge in [-0.1, -0.05) is 36.7 Å². The second-order valence-electron chi connectivity index (χ2n) is 6.94. The number of carbonyl (C=O) groups is 1. The van der Waals surface area contributed by atoms with Gasteiger partial charge in [0.2, 0.25) is 17.7 Å². The van der Waals surface area contributed by atoms with E-state index >= 15 is 0 Å². The average Bonchev–Trinajstić information content (AvgIpc) is 3.17. The fourth-order valence-corrected chi connectivity index (χ4v) is 3.31. The van der Waals surface area contributed by atoms with Crippen molar-refractivity contribution in [2.75, 3.05) is 25.5 Å². The predicted octanol–water partition coefficient (Wildman–Crippen LogP) is 4.56. The number of methoxy groups -OCH3 is 1. The average molecular weight is 429 g/mol. The molecule has 158 valence electrons. The number of hydrogen-bond donors (Lipinski definition) is 1. The van der Waals surface area contributed by atoms with E-state index in [0.29, 0.717) is 46.9 Å². The highest BCUT2D eigenvalue weighted by Crippen LogP contribution is 2.27. The van der Waals surface area contributed by atoms with Gasteiger partial charge in [-0.15, -0.1) is 10.2 Å². The lowest BCUT2D eigenvalue weighted by atomic mass is 10.2. The third-order valence-corrected chi connectivity index (χ3v) is 4.80. The smallest absolute Gasteiger partial charge is 0.249 e. The Kier molecular flexibility index (Phi) is 7.43. The summed E-state index contributed by atoms with van der Waals surface area (Å²) in [7, 11) is 1.58. The third-order valence-electron chi connectivity index (χ3n) is 4.47. The second-order valence-corrected chi connectivity index (χ2v) is 7.35. The highest BCUT2D eigenvalue weighted by molar-refractivity contribution is 6.33. The lowest BCUT2D eigenvalue weighted by Crippen LogP contribution is -2.33. The molecule has 8 heteroatoms. The number of ether oxygens (including phenoxy) is 1. The van der Waals surface area contributed by atoms with Gasteiger partial charge in [-0.3, -0.25) is 9.69 Å². The van der Waals surface area contributed by atoms with E-state index < -0.39 is 0 Å². The van der Waals surface area contributed by atoms with Gasteiger partial charge in [0.15, 0.2) is 0 Å². The van der Waals surface area contributed by atoms with E-state index in [-0.39, 0.29) is 12.5 Å². The van der Waals surface area contributed by atoms with E-state index in [0.717, 1.165) is 12.0 Å². The van der Waals surface area contributed by atoms with Crippen LogP contribution in [-0.2, 0) is 11.3 Å². The van der Waals surface area contributed by atoms with Crippen molar-refractivity contribution in [3.05, 3.63) is 58.9 Å². The molecule has 0 aliphatic heterocycles. The fraction of sp³-hybridized carbons (Fsp3) is 0.318. The van der Waals surface area contributed by atoms with Crippen molar-refractivity contribution >= 4 is 23.2 Å². The Bertz CT molecular complexity index is 1010. The first-order chi connectivity index (χ1) is 14.5. The van der Waals surface area contributed by atoms with Crippen molar-refractivity contribution in [1.82, 2.24) is 15.1 Å². The molecule has 30 heavy (non-hydrogen) atoms. The van der Waals surface area contributed by atoms with Crippen molar-refractivity contribution in [2.24, 2.45) is 0 Å². The lowest BCUT2D eigenvalue weighted by Gasteiger charge is -2.19. The summed E-state index contributed by atoms with van der Waals surface area (Å²) in [6.45, 7) is 5.28. The minimum absolute atomic E-state index is 0.141. The number of aromatic nitrogens is 2. The summed E-state index contributed by atoms with van der Waals surface area (Å²) in [6.07, 6.45) is 0.882. The topological polar surface area (TPSA) is 80.5 Å². The van der Waals surface area contributed by atoms with E-state index in [9.17, 15) is 4.79 Å². The standard InChI is InChI=1S/C22H25ClN4O3/c1-4-11-27(13-20(28)24-18-12-15(2)9-10-19(18)29-3)14-21-25-26-22(30-21)16-7-5-6-8-17(16)23/h5-10,12H,4,11,13-14H2,1-3H3,(H,24,28). The molecule has 1 amide bonds. The molecule has 0 spiro atoms. The van der Waals surface area contributed by atoms with Crippen molar-refractivity contribution in [1.29, 1.82) is 0 Å². The molecule has 1 N–H and O–H groups in total. The van der Waals surface area contributed by atoms with Gasteiger partial charge in [0, 0.05) is 0 Å². The Hall–Kier alpha value is -2.90. The Labute approximate surface area is 181 Å². The molecular weight excluding hydrogens is 404 g/mol. The summed E-state index contributed by atoms with van der Waals surface area (Å²) in [5.41, 5.74) is 2.37. The highest BCUT2D eigenvalue weighted by Gasteiger charge is 2.17. The van der Waals surface area contributed by atoms with Crippen LogP contribution in [0, 0.1) is 6.92 Å². The van der Waals surface area contributed by atoms with Crippen molar-refractivity contribution in [3.8, 4) is 17.2 Å². The second kappa shape index (κ2) is 10.2. The molecule has 0 bridgehead atoms. The van der Waals surface area contributed by atoms with Gasteiger partial charge in [-0.25, -0.2) is 0 Å². The lowest BCUT2D eigenvalue weighted by molar-refractivity contribution is -0.117. The quantitative estimate of drug-likeness (QED) is 0.538. The van der Waals surface area contributed by atoms with Crippen molar-refractivity contribution in [2.45, 2.75) is 26.8 Å². The van der Waals surface area contributed by atoms with Gasteiger partial charge in [-0.2, -0.15) is 0 Å². The predicted molar refractivity (Wildman–Crippen MR) is 117 cm³/mol. The number of benzene rings is 2. The first kappa shape index (κ1) is 21.8. The van der Waals surface area contributed by atoms with Crippen LogP contribution >= 0.6 is 11.6 Å². The summed E-state index contributed by atoms with van der Waals surface area (Å²) in [5.74, 6) is 1.27. The van der Waals surface area contributed by atoms with Crippen LogP contribution in [0.1, 0.15) is 24.8 Å². The number of halogens is 1. The SMILES string of the molecule is CCCN(CC(=O)Nc1cc(C)ccc1OC)Cc1nnc(-c2ccccc2Cl)o1. The molecular formula is C22H25ClN4O3. The van der Waals surface area contributed by atoms with Crippen LogP contribution in [0.25, 0.3) is 11.5 Å². The highest BCUT2D eigenvalue weighted by atomic mass is 35.5. The Morgan fingerprint density at radius 2 is 2.03 bits per heavy atom. The number of nitrogens with zero attached hydrogens (tertiary/aromatic N) is 3. The number of anilines is 1. The molecule has 0 fully saturated rings. The van der Waals surface area contributed by atoms with Crippen LogP contribution in [-0.4, -0.2) is 41.2 Å². The molecule has 7 nitrogen and oxygen atoms in total. The van der Waals surface area contributed by atoms with Gasteiger partial charge >= 0.3 is 0 Å². The number of nitrogens with one attached hydrogen (secondary N) is 1. The van der Waals surface area contributed by atoms with Gasteiger partial charge in [0.25, 0.3) is 0 Å². The minimum atomic E-state index is -0.141. The zero-order valence-corrected chi connectivity index (χ0v) is 18.1. The molecule has 0 saturated heterocycles. The summed E-state index contributed by atoms with van der Waals surface area (Å²) >= 11 is 6.20. The van der Waals surface area contributed by atoms with Gasteiger partial charge in [-0.05, 0) is 49.7 Å². The molecule has 0 aliphatic rings. The van der Waals surface area contributed by atoms with Gasteiger partial charge < -0.3 is 14.5 Å². The minimum Gasteiger partial charge on any atom is -0.495 e. The fourth-order valence-electron chi connectivity index (χ4n) is 3.09. The van der Waals surface area contributed by atoms with Crippen LogP contribution in [0.4, 0.5) is 5.69 Å². The molecule has 3 aromatic rings. The molecule has 0 aliphatic carbocycles. The first-order valence-corrected chi connectivity index (χ1v) is 10.1. The first-order valence-electron chi connectivity index (χ1n) is 9.74. The number of carbonyl (C=O) groups excluding carboxylic acids is 1. The number of aryl methyl sites for hydroxylation is 1. The number of amides is 1. The Morgan fingerprint density at radius 3 is 2.77 bits per heavy atom. The molecule has 1 heterocycles. The van der Waals surface area contributed by atoms with Crippen LogP contribution in [0.5, 0.6) is 5.75 Å². The molecule has 0 radical (unpaired) electrons. The zero-order valence-electron chi connectivity index (χ0n) is 17.3. The molecule has 0 unspecified atom stereocenters. The summed E-state index contributed by atoms with van der Waals surface area (Å²) in [5, 5.41) is 11.7. The third kappa shape index (κ3) is 5.58.